The molecule has 2 aliphatic rings. The van der Waals surface area contributed by atoms with Crippen LogP contribution in [0.5, 0.6) is 0 Å². The van der Waals surface area contributed by atoms with E-state index in [1.54, 1.807) is 18.5 Å². The second-order valence-electron chi connectivity index (χ2n) is 6.25. The van der Waals surface area contributed by atoms with Gasteiger partial charge < -0.3 is 5.73 Å². The Hall–Kier alpha value is -2.77. The van der Waals surface area contributed by atoms with Crippen LogP contribution in [-0.4, -0.2) is 41.4 Å². The van der Waals surface area contributed by atoms with Crippen LogP contribution in [0.25, 0.3) is 5.70 Å². The van der Waals surface area contributed by atoms with E-state index in [2.05, 4.69) is 18.0 Å². The molecule has 2 N–H and O–H groups in total. The predicted octanol–water partition coefficient (Wildman–Crippen LogP) is 2.47. The quantitative estimate of drug-likeness (QED) is 0.672. The maximum atomic E-state index is 11.2. The molecule has 0 bridgehead atoms. The molecule has 1 aromatic rings. The molecule has 0 saturated carbocycles. The second-order valence-corrected chi connectivity index (χ2v) is 6.25. The van der Waals surface area contributed by atoms with Crippen LogP contribution >= 0.6 is 0 Å². The first kappa shape index (κ1) is 17.1. The van der Waals surface area contributed by atoms with Crippen LogP contribution in [-0.2, 0) is 6.54 Å². The normalized spacial score (nSPS) is 19.3. The van der Waals surface area contributed by atoms with Crippen molar-refractivity contribution in [3.05, 3.63) is 68.8 Å². The minimum absolute atomic E-state index is 0.0115. The van der Waals surface area contributed by atoms with Gasteiger partial charge in [-0.15, -0.1) is 0 Å². The highest BCUT2D eigenvalue weighted by Crippen LogP contribution is 2.36. The summed E-state index contributed by atoms with van der Waals surface area (Å²) in [5.74, 6) is 0. The van der Waals surface area contributed by atoms with Crippen molar-refractivity contribution in [3.63, 3.8) is 0 Å². The molecule has 1 aliphatic heterocycles. The van der Waals surface area contributed by atoms with Crippen molar-refractivity contribution < 1.29 is 4.92 Å². The summed E-state index contributed by atoms with van der Waals surface area (Å²) >= 11 is 0. The minimum Gasteiger partial charge on any atom is -0.326 e. The molecular weight excluding hydrogens is 318 g/mol. The van der Waals surface area contributed by atoms with E-state index in [1.807, 2.05) is 36.3 Å². The Morgan fingerprint density at radius 1 is 1.40 bits per heavy atom. The highest BCUT2D eigenvalue weighted by atomic mass is 16.6. The van der Waals surface area contributed by atoms with Gasteiger partial charge in [-0.1, -0.05) is 24.3 Å². The molecule has 0 aromatic heterocycles. The van der Waals surface area contributed by atoms with Crippen molar-refractivity contribution in [1.29, 1.82) is 0 Å². The molecule has 0 radical (unpaired) electrons. The van der Waals surface area contributed by atoms with Crippen LogP contribution in [0.4, 0.5) is 5.69 Å². The van der Waals surface area contributed by atoms with E-state index in [0.29, 0.717) is 12.1 Å². The van der Waals surface area contributed by atoms with E-state index in [4.69, 9.17) is 5.73 Å². The first-order valence-corrected chi connectivity index (χ1v) is 8.00. The maximum Gasteiger partial charge on any atom is 0.270 e. The number of nitrogens with zero attached hydrogens (tertiary/aromatic N) is 4. The van der Waals surface area contributed by atoms with E-state index in [-0.39, 0.29) is 11.7 Å². The van der Waals surface area contributed by atoms with E-state index in [1.165, 1.54) is 11.6 Å². The average Bonchev–Trinajstić information content (AvgIpc) is 2.60. The van der Waals surface area contributed by atoms with Crippen LogP contribution in [0.1, 0.15) is 18.1 Å². The van der Waals surface area contributed by atoms with Gasteiger partial charge >= 0.3 is 0 Å². The Bertz CT molecular complexity index is 836. The number of nitro benzene ring substituents is 1. The van der Waals surface area contributed by atoms with E-state index < -0.39 is 4.92 Å². The van der Waals surface area contributed by atoms with Gasteiger partial charge in [0.2, 0.25) is 0 Å². The Morgan fingerprint density at radius 3 is 2.80 bits per heavy atom. The summed E-state index contributed by atoms with van der Waals surface area (Å²) in [5.41, 5.74) is 10.4. The van der Waals surface area contributed by atoms with Gasteiger partial charge in [0.15, 0.2) is 0 Å². The molecule has 0 fully saturated rings. The summed E-state index contributed by atoms with van der Waals surface area (Å²) < 4.78 is 0. The van der Waals surface area contributed by atoms with Crippen molar-refractivity contribution >= 4 is 17.7 Å². The summed E-state index contributed by atoms with van der Waals surface area (Å²) in [7, 11) is 3.91. The van der Waals surface area contributed by atoms with Crippen LogP contribution in [0.3, 0.4) is 0 Å². The molecule has 0 saturated heterocycles. The first-order valence-electron chi connectivity index (χ1n) is 8.00. The van der Waals surface area contributed by atoms with Gasteiger partial charge in [0, 0.05) is 43.9 Å². The fourth-order valence-electron chi connectivity index (χ4n) is 3.18. The average molecular weight is 339 g/mol. The Morgan fingerprint density at radius 2 is 2.16 bits per heavy atom. The summed E-state index contributed by atoms with van der Waals surface area (Å²) in [5, 5.41) is 15.2. The number of rotatable bonds is 4. The van der Waals surface area contributed by atoms with Crippen LogP contribution in [0, 0.1) is 10.1 Å². The first-order chi connectivity index (χ1) is 11.9. The lowest BCUT2D eigenvalue weighted by Crippen LogP contribution is -2.47. The molecular formula is C18H21N5O2. The van der Waals surface area contributed by atoms with Gasteiger partial charge in [0.05, 0.1) is 16.7 Å². The molecule has 1 aromatic carbocycles. The van der Waals surface area contributed by atoms with Gasteiger partial charge in [0.25, 0.3) is 5.69 Å². The molecule has 7 heteroatoms. The molecule has 1 unspecified atom stereocenters. The number of non-ortho nitro benzene ring substituents is 1. The molecule has 1 heterocycles. The van der Waals surface area contributed by atoms with Gasteiger partial charge in [-0.05, 0) is 18.1 Å². The largest absolute Gasteiger partial charge is 0.326 e. The van der Waals surface area contributed by atoms with Crippen LogP contribution in [0.2, 0.25) is 0 Å². The molecule has 0 spiro atoms. The SMILES string of the molecule is CC1=CC=CC2=C(c3cc([N+](=O)[O-])ccc3CN)N=CN(N(C)C)C12. The van der Waals surface area contributed by atoms with Crippen molar-refractivity contribution in [1.82, 2.24) is 10.0 Å². The fourth-order valence-corrected chi connectivity index (χ4v) is 3.18. The Balaban J connectivity index is 2.20. The summed E-state index contributed by atoms with van der Waals surface area (Å²) in [6, 6.07) is 4.76. The summed E-state index contributed by atoms with van der Waals surface area (Å²) in [6.07, 6.45) is 7.83. The molecule has 1 atom stereocenters. The predicted molar refractivity (Wildman–Crippen MR) is 98.6 cm³/mol. The molecule has 25 heavy (non-hydrogen) atoms. The standard InChI is InChI=1S/C18H21N5O2/c1-12-5-4-6-15-17(20-11-22(18(12)15)21(2)3)16-9-14(23(24)25)8-7-13(16)10-19/h4-9,11,18H,10,19H2,1-3H3. The Labute approximate surface area is 146 Å². The maximum absolute atomic E-state index is 11.2. The number of hydrogen-bond donors (Lipinski definition) is 1. The van der Waals surface area contributed by atoms with Gasteiger partial charge in [-0.3, -0.25) is 15.1 Å². The van der Waals surface area contributed by atoms with Crippen molar-refractivity contribution in [2.75, 3.05) is 14.1 Å². The number of fused-ring (bicyclic) bond motifs is 1. The van der Waals surface area contributed by atoms with Gasteiger partial charge in [0.1, 0.15) is 6.34 Å². The van der Waals surface area contributed by atoms with Crippen molar-refractivity contribution in [2.24, 2.45) is 10.7 Å². The number of allylic oxidation sites excluding steroid dienone is 2. The zero-order valence-electron chi connectivity index (χ0n) is 14.5. The number of nitrogens with two attached hydrogens (primary N) is 1. The summed E-state index contributed by atoms with van der Waals surface area (Å²) in [6.45, 7) is 2.36. The van der Waals surface area contributed by atoms with E-state index >= 15 is 0 Å². The third-order valence-corrected chi connectivity index (χ3v) is 4.45. The molecule has 0 amide bonds. The monoisotopic (exact) mass is 339 g/mol. The highest BCUT2D eigenvalue weighted by molar-refractivity contribution is 5.84. The number of nitro groups is 1. The lowest BCUT2D eigenvalue weighted by Gasteiger charge is -2.40. The van der Waals surface area contributed by atoms with Crippen LogP contribution < -0.4 is 5.73 Å². The summed E-state index contributed by atoms with van der Waals surface area (Å²) in [4.78, 5) is 15.4. The zero-order valence-corrected chi connectivity index (χ0v) is 14.5. The highest BCUT2D eigenvalue weighted by Gasteiger charge is 2.31. The topological polar surface area (TPSA) is 88.0 Å². The minimum atomic E-state index is -0.396. The second kappa shape index (κ2) is 6.62. The van der Waals surface area contributed by atoms with Gasteiger partial charge in [-0.25, -0.2) is 10.0 Å². The third kappa shape index (κ3) is 2.99. The van der Waals surface area contributed by atoms with E-state index in [0.717, 1.165) is 16.8 Å². The van der Waals surface area contributed by atoms with Crippen molar-refractivity contribution in [2.45, 2.75) is 19.5 Å². The number of hydrogen-bond acceptors (Lipinski definition) is 6. The lowest BCUT2D eigenvalue weighted by atomic mass is 9.88. The molecule has 1 aliphatic carbocycles. The lowest BCUT2D eigenvalue weighted by molar-refractivity contribution is -0.384. The number of aliphatic imine (C=N–C) groups is 1. The third-order valence-electron chi connectivity index (χ3n) is 4.45. The zero-order chi connectivity index (χ0) is 18.1. The van der Waals surface area contributed by atoms with Gasteiger partial charge in [-0.2, -0.15) is 0 Å². The molecule has 130 valence electrons. The molecule has 3 rings (SSSR count). The Kier molecular flexibility index (Phi) is 4.52. The number of hydrazine groups is 1. The smallest absolute Gasteiger partial charge is 0.270 e. The van der Waals surface area contributed by atoms with Crippen molar-refractivity contribution in [3.8, 4) is 0 Å². The van der Waals surface area contributed by atoms with E-state index in [9.17, 15) is 10.1 Å². The number of benzene rings is 1. The van der Waals surface area contributed by atoms with Crippen LogP contribution in [0.15, 0.2) is 52.6 Å². The fraction of sp³-hybridized carbons (Fsp3) is 0.278. The molecule has 7 nitrogen and oxygen atoms in total.